The van der Waals surface area contributed by atoms with Crippen molar-refractivity contribution in [1.82, 2.24) is 10.2 Å². The Kier molecular flexibility index (Phi) is 7.10. The second-order valence-electron chi connectivity index (χ2n) is 5.62. The molecule has 0 aliphatic carbocycles. The van der Waals surface area contributed by atoms with E-state index in [1.165, 1.54) is 0 Å². The van der Waals surface area contributed by atoms with E-state index in [1.807, 2.05) is 24.3 Å². The summed E-state index contributed by atoms with van der Waals surface area (Å²) >= 11 is 4.23. The number of nitrogens with one attached hydrogen (secondary N) is 1. The normalized spacial score (nSPS) is 11.4. The summed E-state index contributed by atoms with van der Waals surface area (Å²) in [5, 5.41) is 2.99. The van der Waals surface area contributed by atoms with Gasteiger partial charge in [0.05, 0.1) is 6.42 Å². The van der Waals surface area contributed by atoms with Gasteiger partial charge in [-0.3, -0.25) is 9.69 Å². The highest BCUT2D eigenvalue weighted by Crippen LogP contribution is 2.08. The molecule has 0 atom stereocenters. The van der Waals surface area contributed by atoms with Crippen molar-refractivity contribution in [1.29, 1.82) is 0 Å². The first-order chi connectivity index (χ1) is 9.40. The van der Waals surface area contributed by atoms with Crippen LogP contribution in [0, 0.1) is 0 Å². The standard InChI is InChI=1S/C16H26N2OS/c1-12(2)18(13(3)4)10-9-17-16(19)11-14-5-7-15(20)8-6-14/h5-8,12-13,20H,9-11H2,1-4H3,(H,17,19). The SMILES string of the molecule is CC(C)N(CCNC(=O)Cc1ccc(S)cc1)C(C)C. The molecule has 0 saturated heterocycles. The van der Waals surface area contributed by atoms with E-state index in [0.717, 1.165) is 17.0 Å². The molecule has 0 heterocycles. The number of rotatable bonds is 7. The number of benzene rings is 1. The van der Waals surface area contributed by atoms with E-state index < -0.39 is 0 Å². The average molecular weight is 294 g/mol. The van der Waals surface area contributed by atoms with Gasteiger partial charge in [0, 0.05) is 30.1 Å². The summed E-state index contributed by atoms with van der Waals surface area (Å²) in [5.41, 5.74) is 1.02. The first kappa shape index (κ1) is 17.1. The summed E-state index contributed by atoms with van der Waals surface area (Å²) < 4.78 is 0. The van der Waals surface area contributed by atoms with Gasteiger partial charge in [-0.05, 0) is 45.4 Å². The third kappa shape index (κ3) is 5.97. The van der Waals surface area contributed by atoms with Crippen LogP contribution in [0.5, 0.6) is 0 Å². The Balaban J connectivity index is 2.34. The molecule has 0 aromatic heterocycles. The molecule has 112 valence electrons. The van der Waals surface area contributed by atoms with Crippen molar-refractivity contribution in [2.75, 3.05) is 13.1 Å². The highest BCUT2D eigenvalue weighted by molar-refractivity contribution is 7.80. The molecule has 1 rings (SSSR count). The number of hydrogen-bond donors (Lipinski definition) is 2. The van der Waals surface area contributed by atoms with Gasteiger partial charge in [0.15, 0.2) is 0 Å². The fraction of sp³-hybridized carbons (Fsp3) is 0.562. The highest BCUT2D eigenvalue weighted by Gasteiger charge is 2.13. The van der Waals surface area contributed by atoms with Crippen LogP contribution < -0.4 is 5.32 Å². The Bertz CT molecular complexity index is 407. The van der Waals surface area contributed by atoms with Crippen molar-refractivity contribution in [2.45, 2.75) is 51.1 Å². The van der Waals surface area contributed by atoms with Crippen molar-refractivity contribution in [2.24, 2.45) is 0 Å². The molecule has 0 aliphatic heterocycles. The fourth-order valence-electron chi connectivity index (χ4n) is 2.30. The molecule has 20 heavy (non-hydrogen) atoms. The van der Waals surface area contributed by atoms with Gasteiger partial charge in [-0.15, -0.1) is 12.6 Å². The lowest BCUT2D eigenvalue weighted by atomic mass is 10.1. The maximum Gasteiger partial charge on any atom is 0.224 e. The maximum atomic E-state index is 11.9. The van der Waals surface area contributed by atoms with E-state index >= 15 is 0 Å². The van der Waals surface area contributed by atoms with Crippen molar-refractivity contribution in [3.8, 4) is 0 Å². The van der Waals surface area contributed by atoms with Crippen LogP contribution in [0.3, 0.4) is 0 Å². The minimum Gasteiger partial charge on any atom is -0.355 e. The van der Waals surface area contributed by atoms with E-state index in [0.29, 0.717) is 25.0 Å². The lowest BCUT2D eigenvalue weighted by Crippen LogP contribution is -2.42. The molecule has 0 radical (unpaired) electrons. The first-order valence-corrected chi connectivity index (χ1v) is 7.65. The summed E-state index contributed by atoms with van der Waals surface area (Å²) in [6.45, 7) is 10.3. The number of amides is 1. The Labute approximate surface area is 128 Å². The zero-order chi connectivity index (χ0) is 15.1. The van der Waals surface area contributed by atoms with Crippen LogP contribution in [0.15, 0.2) is 29.2 Å². The number of nitrogens with zero attached hydrogens (tertiary/aromatic N) is 1. The van der Waals surface area contributed by atoms with Crippen LogP contribution in [0.2, 0.25) is 0 Å². The molecule has 1 aromatic carbocycles. The van der Waals surface area contributed by atoms with Crippen LogP contribution in [-0.2, 0) is 11.2 Å². The molecule has 1 amide bonds. The molecule has 0 saturated carbocycles. The molecule has 0 unspecified atom stereocenters. The van der Waals surface area contributed by atoms with Crippen LogP contribution >= 0.6 is 12.6 Å². The van der Waals surface area contributed by atoms with Gasteiger partial charge in [0.1, 0.15) is 0 Å². The molecule has 0 spiro atoms. The van der Waals surface area contributed by atoms with Gasteiger partial charge in [0.2, 0.25) is 5.91 Å². The number of hydrogen-bond acceptors (Lipinski definition) is 3. The van der Waals surface area contributed by atoms with Gasteiger partial charge in [-0.2, -0.15) is 0 Å². The van der Waals surface area contributed by atoms with Crippen LogP contribution in [0.4, 0.5) is 0 Å². The van der Waals surface area contributed by atoms with Crippen molar-refractivity contribution < 1.29 is 4.79 Å². The Morgan fingerprint density at radius 1 is 1.15 bits per heavy atom. The first-order valence-electron chi connectivity index (χ1n) is 7.20. The number of thiol groups is 1. The molecule has 0 fully saturated rings. The van der Waals surface area contributed by atoms with Crippen molar-refractivity contribution in [3.05, 3.63) is 29.8 Å². The molecular formula is C16H26N2OS. The molecule has 1 N–H and O–H groups in total. The Morgan fingerprint density at radius 3 is 2.20 bits per heavy atom. The number of carbonyl (C=O) groups is 1. The Hall–Kier alpha value is -1.00. The van der Waals surface area contributed by atoms with Gasteiger partial charge in [0.25, 0.3) is 0 Å². The fourth-order valence-corrected chi connectivity index (χ4v) is 2.45. The lowest BCUT2D eigenvalue weighted by Gasteiger charge is -2.30. The number of carbonyl (C=O) groups excluding carboxylic acids is 1. The summed E-state index contributed by atoms with van der Waals surface area (Å²) in [6.07, 6.45) is 0.428. The van der Waals surface area contributed by atoms with Gasteiger partial charge >= 0.3 is 0 Å². The van der Waals surface area contributed by atoms with Crippen LogP contribution in [0.25, 0.3) is 0 Å². The molecule has 0 bridgehead atoms. The summed E-state index contributed by atoms with van der Waals surface area (Å²) in [5.74, 6) is 0.0735. The molecule has 4 heteroatoms. The zero-order valence-corrected chi connectivity index (χ0v) is 13.8. The van der Waals surface area contributed by atoms with E-state index in [9.17, 15) is 4.79 Å². The average Bonchev–Trinajstić information content (AvgIpc) is 2.36. The molecule has 1 aromatic rings. The van der Waals surface area contributed by atoms with Crippen molar-refractivity contribution >= 4 is 18.5 Å². The van der Waals surface area contributed by atoms with Gasteiger partial charge in [-0.25, -0.2) is 0 Å². The highest BCUT2D eigenvalue weighted by atomic mass is 32.1. The largest absolute Gasteiger partial charge is 0.355 e. The quantitative estimate of drug-likeness (QED) is 0.758. The minimum atomic E-state index is 0.0735. The van der Waals surface area contributed by atoms with E-state index in [-0.39, 0.29) is 5.91 Å². The maximum absolute atomic E-state index is 11.9. The van der Waals surface area contributed by atoms with E-state index in [2.05, 4.69) is 50.5 Å². The van der Waals surface area contributed by atoms with Gasteiger partial charge < -0.3 is 5.32 Å². The molecule has 3 nitrogen and oxygen atoms in total. The molecular weight excluding hydrogens is 268 g/mol. The third-order valence-corrected chi connectivity index (χ3v) is 3.62. The van der Waals surface area contributed by atoms with Crippen molar-refractivity contribution in [3.63, 3.8) is 0 Å². The third-order valence-electron chi connectivity index (χ3n) is 3.32. The lowest BCUT2D eigenvalue weighted by molar-refractivity contribution is -0.120. The second kappa shape index (κ2) is 8.32. The predicted molar refractivity (Wildman–Crippen MR) is 87.4 cm³/mol. The van der Waals surface area contributed by atoms with Crippen LogP contribution in [-0.4, -0.2) is 36.0 Å². The van der Waals surface area contributed by atoms with E-state index in [4.69, 9.17) is 0 Å². The minimum absolute atomic E-state index is 0.0735. The predicted octanol–water partition coefficient (Wildman–Crippen LogP) is 2.75. The Morgan fingerprint density at radius 2 is 1.70 bits per heavy atom. The summed E-state index contributed by atoms with van der Waals surface area (Å²) in [4.78, 5) is 15.2. The van der Waals surface area contributed by atoms with E-state index in [1.54, 1.807) is 0 Å². The summed E-state index contributed by atoms with van der Waals surface area (Å²) in [7, 11) is 0. The topological polar surface area (TPSA) is 32.3 Å². The van der Waals surface area contributed by atoms with Gasteiger partial charge in [-0.1, -0.05) is 12.1 Å². The zero-order valence-electron chi connectivity index (χ0n) is 12.9. The second-order valence-corrected chi connectivity index (χ2v) is 6.13. The smallest absolute Gasteiger partial charge is 0.224 e. The summed E-state index contributed by atoms with van der Waals surface area (Å²) in [6, 6.07) is 8.69. The monoisotopic (exact) mass is 294 g/mol. The van der Waals surface area contributed by atoms with Crippen LogP contribution in [0.1, 0.15) is 33.3 Å². The molecule has 0 aliphatic rings.